The molecule has 0 spiro atoms. The number of ether oxygens (including phenoxy) is 1. The number of carbonyl (C=O) groups is 1. The zero-order chi connectivity index (χ0) is 22.8. The van der Waals surface area contributed by atoms with Crippen molar-refractivity contribution in [3.05, 3.63) is 89.0 Å². The zero-order valence-electron chi connectivity index (χ0n) is 17.6. The summed E-state index contributed by atoms with van der Waals surface area (Å²) in [4.78, 5) is 20.6. The molecule has 0 unspecified atom stereocenters. The molecule has 0 aliphatic carbocycles. The van der Waals surface area contributed by atoms with Crippen LogP contribution in [0.2, 0.25) is 0 Å². The first-order valence-corrected chi connectivity index (χ1v) is 9.71. The molecule has 4 aromatic rings. The van der Waals surface area contributed by atoms with Gasteiger partial charge in [0.15, 0.2) is 17.5 Å². The number of nitrogens with zero attached hydrogens (tertiary/aromatic N) is 4. The van der Waals surface area contributed by atoms with E-state index in [2.05, 4.69) is 20.4 Å². The minimum absolute atomic E-state index is 0.0112. The maximum absolute atomic E-state index is 13.3. The third kappa shape index (κ3) is 4.31. The van der Waals surface area contributed by atoms with Crippen LogP contribution < -0.4 is 10.1 Å². The van der Waals surface area contributed by atoms with Crippen LogP contribution in [0.5, 0.6) is 11.6 Å². The van der Waals surface area contributed by atoms with Gasteiger partial charge in [-0.15, -0.1) is 0 Å². The number of nitrogens with one attached hydrogen (secondary N) is 1. The number of carbonyl (C=O) groups excluding carboxylic acids is 1. The maximum Gasteiger partial charge on any atom is 0.255 e. The van der Waals surface area contributed by atoms with E-state index in [1.807, 2.05) is 20.8 Å². The van der Waals surface area contributed by atoms with Gasteiger partial charge in [0, 0.05) is 23.0 Å². The van der Waals surface area contributed by atoms with Crippen LogP contribution in [-0.2, 0) is 0 Å². The Morgan fingerprint density at radius 1 is 0.969 bits per heavy atom. The second-order valence-corrected chi connectivity index (χ2v) is 7.13. The number of benzene rings is 2. The second kappa shape index (κ2) is 8.54. The highest BCUT2D eigenvalue weighted by atomic mass is 19.2. The number of anilines is 1. The second-order valence-electron chi connectivity index (χ2n) is 7.13. The standard InChI is InChI=1S/C23H19F2N5O2/c1-13-14(2)29-30(15(13)3)21-11-22(27-12-26-21)32-18-7-5-17(6-8-18)28-23(31)16-4-9-19(24)20(25)10-16/h4-12H,1-3H3,(H,28,31). The molecule has 0 fully saturated rings. The Morgan fingerprint density at radius 3 is 2.38 bits per heavy atom. The van der Waals surface area contributed by atoms with Crippen molar-refractivity contribution in [2.24, 2.45) is 0 Å². The number of amides is 1. The van der Waals surface area contributed by atoms with Gasteiger partial charge in [0.1, 0.15) is 12.1 Å². The highest BCUT2D eigenvalue weighted by molar-refractivity contribution is 6.04. The summed E-state index contributed by atoms with van der Waals surface area (Å²) in [6, 6.07) is 11.2. The number of aryl methyl sites for hydroxylation is 1. The monoisotopic (exact) mass is 435 g/mol. The highest BCUT2D eigenvalue weighted by Crippen LogP contribution is 2.24. The molecule has 0 aliphatic heterocycles. The van der Waals surface area contributed by atoms with E-state index >= 15 is 0 Å². The molecular formula is C23H19F2N5O2. The number of aromatic nitrogens is 4. The molecule has 162 valence electrons. The predicted octanol–water partition coefficient (Wildman–Crippen LogP) is 4.91. The number of hydrogen-bond donors (Lipinski definition) is 1. The molecule has 1 N–H and O–H groups in total. The lowest BCUT2D eigenvalue weighted by molar-refractivity contribution is 0.102. The van der Waals surface area contributed by atoms with E-state index in [0.717, 1.165) is 29.1 Å². The molecule has 7 nitrogen and oxygen atoms in total. The van der Waals surface area contributed by atoms with E-state index in [4.69, 9.17) is 4.74 Å². The third-order valence-corrected chi connectivity index (χ3v) is 5.01. The van der Waals surface area contributed by atoms with Crippen LogP contribution in [0.25, 0.3) is 5.82 Å². The third-order valence-electron chi connectivity index (χ3n) is 5.01. The van der Waals surface area contributed by atoms with Crippen molar-refractivity contribution >= 4 is 11.6 Å². The fourth-order valence-electron chi connectivity index (χ4n) is 3.01. The van der Waals surface area contributed by atoms with Crippen LogP contribution >= 0.6 is 0 Å². The molecule has 0 saturated heterocycles. The van der Waals surface area contributed by atoms with Crippen molar-refractivity contribution in [3.63, 3.8) is 0 Å². The Balaban J connectivity index is 1.46. The number of rotatable bonds is 5. The largest absolute Gasteiger partial charge is 0.439 e. The van der Waals surface area contributed by atoms with E-state index in [0.29, 0.717) is 23.1 Å². The van der Waals surface area contributed by atoms with Gasteiger partial charge in [0.05, 0.1) is 5.69 Å². The summed E-state index contributed by atoms with van der Waals surface area (Å²) in [5, 5.41) is 7.11. The fourth-order valence-corrected chi connectivity index (χ4v) is 3.01. The predicted molar refractivity (Wildman–Crippen MR) is 114 cm³/mol. The first-order chi connectivity index (χ1) is 15.3. The smallest absolute Gasteiger partial charge is 0.255 e. The minimum atomic E-state index is -1.08. The van der Waals surface area contributed by atoms with Crippen LogP contribution in [0.15, 0.2) is 54.9 Å². The van der Waals surface area contributed by atoms with Crippen LogP contribution in [0.1, 0.15) is 27.3 Å². The summed E-state index contributed by atoms with van der Waals surface area (Å²) in [6.45, 7) is 5.90. The van der Waals surface area contributed by atoms with Crippen LogP contribution in [0, 0.1) is 32.4 Å². The SMILES string of the molecule is Cc1nn(-c2cc(Oc3ccc(NC(=O)c4ccc(F)c(F)c4)cc3)ncn2)c(C)c1C. The van der Waals surface area contributed by atoms with E-state index in [1.54, 1.807) is 35.0 Å². The molecule has 0 bridgehead atoms. The van der Waals surface area contributed by atoms with Crippen molar-refractivity contribution < 1.29 is 18.3 Å². The van der Waals surface area contributed by atoms with Gasteiger partial charge in [-0.1, -0.05) is 0 Å². The van der Waals surface area contributed by atoms with Gasteiger partial charge >= 0.3 is 0 Å². The molecule has 0 saturated carbocycles. The van der Waals surface area contributed by atoms with Crippen LogP contribution in [0.4, 0.5) is 14.5 Å². The molecular weight excluding hydrogens is 416 g/mol. The number of hydrogen-bond acceptors (Lipinski definition) is 5. The lowest BCUT2D eigenvalue weighted by atomic mass is 10.2. The van der Waals surface area contributed by atoms with Gasteiger partial charge in [0.25, 0.3) is 5.91 Å². The highest BCUT2D eigenvalue weighted by Gasteiger charge is 2.12. The summed E-state index contributed by atoms with van der Waals surface area (Å²) in [5.74, 6) is -1.24. The summed E-state index contributed by atoms with van der Waals surface area (Å²) in [6.07, 6.45) is 1.40. The van der Waals surface area contributed by atoms with E-state index in [-0.39, 0.29) is 5.56 Å². The Morgan fingerprint density at radius 2 is 1.72 bits per heavy atom. The van der Waals surface area contributed by atoms with Crippen molar-refractivity contribution in [1.82, 2.24) is 19.7 Å². The van der Waals surface area contributed by atoms with E-state index < -0.39 is 17.5 Å². The van der Waals surface area contributed by atoms with Crippen molar-refractivity contribution in [2.75, 3.05) is 5.32 Å². The molecule has 0 radical (unpaired) electrons. The Bertz CT molecular complexity index is 1300. The zero-order valence-corrected chi connectivity index (χ0v) is 17.6. The van der Waals surface area contributed by atoms with Crippen LogP contribution in [-0.4, -0.2) is 25.7 Å². The summed E-state index contributed by atoms with van der Waals surface area (Å²) in [7, 11) is 0. The molecule has 2 aromatic carbocycles. The first kappa shape index (κ1) is 21.1. The van der Waals surface area contributed by atoms with Gasteiger partial charge in [-0.05, 0) is 68.8 Å². The average Bonchev–Trinajstić information content (AvgIpc) is 3.04. The Labute approximate surface area is 182 Å². The Kier molecular flexibility index (Phi) is 5.63. The van der Waals surface area contributed by atoms with Crippen LogP contribution in [0.3, 0.4) is 0 Å². The van der Waals surface area contributed by atoms with E-state index in [1.165, 1.54) is 12.4 Å². The van der Waals surface area contributed by atoms with Gasteiger partial charge in [0.2, 0.25) is 5.88 Å². The molecule has 0 aliphatic rings. The average molecular weight is 435 g/mol. The maximum atomic E-state index is 13.3. The van der Waals surface area contributed by atoms with Crippen molar-refractivity contribution in [2.45, 2.75) is 20.8 Å². The summed E-state index contributed by atoms with van der Waals surface area (Å²) < 4.78 is 33.9. The van der Waals surface area contributed by atoms with Gasteiger partial charge in [-0.2, -0.15) is 5.10 Å². The quantitative estimate of drug-likeness (QED) is 0.482. The van der Waals surface area contributed by atoms with Crippen molar-refractivity contribution in [1.29, 1.82) is 0 Å². The normalized spacial score (nSPS) is 10.8. The molecule has 32 heavy (non-hydrogen) atoms. The lowest BCUT2D eigenvalue weighted by Crippen LogP contribution is -2.12. The van der Waals surface area contributed by atoms with Gasteiger partial charge in [-0.3, -0.25) is 4.79 Å². The molecule has 9 heteroatoms. The topological polar surface area (TPSA) is 81.9 Å². The van der Waals surface area contributed by atoms with Gasteiger partial charge in [-0.25, -0.2) is 23.4 Å². The fraction of sp³-hybridized carbons (Fsp3) is 0.130. The van der Waals surface area contributed by atoms with Gasteiger partial charge < -0.3 is 10.1 Å². The molecule has 2 heterocycles. The summed E-state index contributed by atoms with van der Waals surface area (Å²) in [5.41, 5.74) is 3.47. The molecule has 2 aromatic heterocycles. The Hall–Kier alpha value is -4.14. The molecule has 1 amide bonds. The first-order valence-electron chi connectivity index (χ1n) is 9.71. The molecule has 4 rings (SSSR count). The summed E-state index contributed by atoms with van der Waals surface area (Å²) >= 11 is 0. The van der Waals surface area contributed by atoms with Crippen molar-refractivity contribution in [3.8, 4) is 17.4 Å². The van der Waals surface area contributed by atoms with E-state index in [9.17, 15) is 13.6 Å². The molecule has 0 atom stereocenters. The lowest BCUT2D eigenvalue weighted by Gasteiger charge is -2.09. The minimum Gasteiger partial charge on any atom is -0.439 e. The number of halogens is 2.